The number of rotatable bonds is 11. The number of hydrogen-bond donors (Lipinski definition) is 2. The highest BCUT2D eigenvalue weighted by Crippen LogP contribution is 2.34. The highest BCUT2D eigenvalue weighted by atomic mass is 16.5. The normalized spacial score (nSPS) is 13.9. The van der Waals surface area contributed by atoms with E-state index in [0.717, 1.165) is 36.1 Å². The molecule has 11 nitrogen and oxygen atoms in total. The Morgan fingerprint density at radius 3 is 2.65 bits per heavy atom. The summed E-state index contributed by atoms with van der Waals surface area (Å²) < 4.78 is 10.6. The van der Waals surface area contributed by atoms with Crippen LogP contribution in [0.3, 0.4) is 0 Å². The third-order valence-corrected chi connectivity index (χ3v) is 7.22. The summed E-state index contributed by atoms with van der Waals surface area (Å²) in [6, 6.07) is 9.67. The van der Waals surface area contributed by atoms with Crippen molar-refractivity contribution in [2.24, 2.45) is 0 Å². The third-order valence-electron chi connectivity index (χ3n) is 7.22. The number of H-pyrrole nitrogens is 1. The average Bonchev–Trinajstić information content (AvgIpc) is 3.73. The summed E-state index contributed by atoms with van der Waals surface area (Å²) in [6.45, 7) is 7.10. The summed E-state index contributed by atoms with van der Waals surface area (Å²) in [6.07, 6.45) is 14.2. The number of carbonyl (C=O) groups is 1. The van der Waals surface area contributed by atoms with Crippen LogP contribution in [0.1, 0.15) is 55.2 Å². The minimum atomic E-state index is -0.626. The number of carbonyl (C=O) groups excluding carboxylic acids is 1. The van der Waals surface area contributed by atoms with Gasteiger partial charge in [0.2, 0.25) is 5.82 Å². The Morgan fingerprint density at radius 1 is 1.12 bits per heavy atom. The zero-order valence-corrected chi connectivity index (χ0v) is 23.0. The quantitative estimate of drug-likeness (QED) is 0.277. The number of dihydropyridines is 1. The summed E-state index contributed by atoms with van der Waals surface area (Å²) in [4.78, 5) is 27.0. The number of hydrogen-bond acceptors (Lipinski definition) is 7. The first-order valence-corrected chi connectivity index (χ1v) is 13.6. The number of aromatic amines is 1. The average molecular weight is 543 g/mol. The van der Waals surface area contributed by atoms with Crippen LogP contribution in [0.2, 0.25) is 0 Å². The molecule has 2 N–H and O–H groups in total. The molecule has 0 unspecified atom stereocenters. The van der Waals surface area contributed by atoms with Crippen molar-refractivity contribution < 1.29 is 9.53 Å². The fourth-order valence-corrected chi connectivity index (χ4v) is 5.15. The van der Waals surface area contributed by atoms with Crippen molar-refractivity contribution in [2.75, 3.05) is 6.61 Å². The van der Waals surface area contributed by atoms with E-state index in [4.69, 9.17) is 4.74 Å². The van der Waals surface area contributed by atoms with Gasteiger partial charge in [0.15, 0.2) is 0 Å². The third kappa shape index (κ3) is 5.02. The molecular formula is C29H34N8O3. The van der Waals surface area contributed by atoms with E-state index in [1.54, 1.807) is 17.6 Å². The number of unbranched alkanes of at least 4 members (excludes halogenated alkanes) is 1. The van der Waals surface area contributed by atoms with E-state index in [1.165, 1.54) is 0 Å². The molecule has 0 saturated carbocycles. The number of allylic oxidation sites excluding steroid dienone is 2. The molecular weight excluding hydrogens is 508 g/mol. The number of tetrazole rings is 1. The molecule has 1 aliphatic heterocycles. The SMILES string of the molecule is CCCCc1cn(-c2c(C(=O)OCC)ccn2CC)c(=O)n1CC1(c2cccc(-c3nn[nH]n3)c2)C=CNC=C1. The van der Waals surface area contributed by atoms with Crippen LogP contribution in [0.5, 0.6) is 0 Å². The second-order valence-corrected chi connectivity index (χ2v) is 9.71. The number of nitrogens with one attached hydrogen (secondary N) is 2. The second-order valence-electron chi connectivity index (χ2n) is 9.71. The molecule has 4 aromatic rings. The Balaban J connectivity index is 1.64. The van der Waals surface area contributed by atoms with Gasteiger partial charge in [-0.15, -0.1) is 10.2 Å². The molecule has 1 aliphatic rings. The summed E-state index contributed by atoms with van der Waals surface area (Å²) in [5, 5.41) is 17.6. The number of aromatic nitrogens is 7. The van der Waals surface area contributed by atoms with Gasteiger partial charge in [-0.05, 0) is 62.0 Å². The Morgan fingerprint density at radius 2 is 1.95 bits per heavy atom. The van der Waals surface area contributed by atoms with Crippen molar-refractivity contribution in [1.82, 2.24) is 39.6 Å². The van der Waals surface area contributed by atoms with Crippen molar-refractivity contribution in [2.45, 2.75) is 58.5 Å². The van der Waals surface area contributed by atoms with Crippen molar-refractivity contribution in [3.63, 3.8) is 0 Å². The minimum absolute atomic E-state index is 0.209. The van der Waals surface area contributed by atoms with Crippen LogP contribution in [0, 0.1) is 0 Å². The van der Waals surface area contributed by atoms with Gasteiger partial charge in [-0.2, -0.15) is 5.21 Å². The molecule has 0 spiro atoms. The predicted octanol–water partition coefficient (Wildman–Crippen LogP) is 3.73. The zero-order valence-electron chi connectivity index (χ0n) is 23.0. The molecule has 0 bridgehead atoms. The van der Waals surface area contributed by atoms with Crippen LogP contribution in [0.4, 0.5) is 0 Å². The molecule has 0 aliphatic carbocycles. The summed E-state index contributed by atoms with van der Waals surface area (Å²) in [5.41, 5.74) is 2.24. The zero-order chi connectivity index (χ0) is 28.1. The van der Waals surface area contributed by atoms with E-state index < -0.39 is 11.4 Å². The van der Waals surface area contributed by atoms with Crippen molar-refractivity contribution in [1.29, 1.82) is 0 Å². The lowest BCUT2D eigenvalue weighted by Crippen LogP contribution is -2.36. The largest absolute Gasteiger partial charge is 0.462 e. The van der Waals surface area contributed by atoms with E-state index in [0.29, 0.717) is 30.3 Å². The topological polar surface area (TPSA) is 125 Å². The van der Waals surface area contributed by atoms with Crippen molar-refractivity contribution in [3.05, 3.63) is 94.6 Å². The lowest BCUT2D eigenvalue weighted by atomic mass is 9.78. The summed E-state index contributed by atoms with van der Waals surface area (Å²) in [5.74, 6) is 0.572. The standard InChI is InChI=1S/C29H34N8O3/c1-4-7-11-23-19-36(26-24(27(38)40-6-3)12-17-35(26)5-2)28(39)37(23)20-29(13-15-30-16-14-29)22-10-8-9-21(18-22)25-31-33-34-32-25/h8-10,12-19,30H,4-7,11,20H2,1-3H3,(H,31,32,33,34). The van der Waals surface area contributed by atoms with Crippen LogP contribution in [0.25, 0.3) is 17.2 Å². The fraction of sp³-hybridized carbons (Fsp3) is 0.345. The smallest absolute Gasteiger partial charge is 0.341 e. The van der Waals surface area contributed by atoms with Gasteiger partial charge in [0.05, 0.1) is 12.0 Å². The van der Waals surface area contributed by atoms with Gasteiger partial charge in [-0.1, -0.05) is 43.7 Å². The molecule has 0 amide bonds. The van der Waals surface area contributed by atoms with Crippen LogP contribution < -0.4 is 11.0 Å². The number of imidazole rings is 1. The maximum atomic E-state index is 14.2. The molecule has 4 heterocycles. The summed E-state index contributed by atoms with van der Waals surface area (Å²) >= 11 is 0. The van der Waals surface area contributed by atoms with E-state index in [-0.39, 0.29) is 12.3 Å². The van der Waals surface area contributed by atoms with Crippen molar-refractivity contribution >= 4 is 5.97 Å². The lowest BCUT2D eigenvalue weighted by molar-refractivity contribution is 0.0526. The molecule has 40 heavy (non-hydrogen) atoms. The van der Waals surface area contributed by atoms with Gasteiger partial charge in [-0.25, -0.2) is 9.59 Å². The fourth-order valence-electron chi connectivity index (χ4n) is 5.15. The predicted molar refractivity (Wildman–Crippen MR) is 151 cm³/mol. The van der Waals surface area contributed by atoms with E-state index in [1.807, 2.05) is 65.1 Å². The maximum absolute atomic E-state index is 14.2. The molecule has 0 atom stereocenters. The van der Waals surface area contributed by atoms with Gasteiger partial charge in [0.1, 0.15) is 11.4 Å². The minimum Gasteiger partial charge on any atom is -0.462 e. The molecule has 3 aromatic heterocycles. The van der Waals surface area contributed by atoms with Crippen LogP contribution in [-0.4, -0.2) is 46.9 Å². The summed E-state index contributed by atoms with van der Waals surface area (Å²) in [7, 11) is 0. The Hall–Kier alpha value is -4.67. The Bertz CT molecular complexity index is 1580. The molecule has 11 heteroatoms. The number of nitrogens with zero attached hydrogens (tertiary/aromatic N) is 6. The van der Waals surface area contributed by atoms with Gasteiger partial charge < -0.3 is 14.6 Å². The highest BCUT2D eigenvalue weighted by Gasteiger charge is 2.32. The molecule has 0 saturated heterocycles. The Labute approximate surface area is 232 Å². The van der Waals surface area contributed by atoms with E-state index >= 15 is 0 Å². The molecule has 1 aromatic carbocycles. The first kappa shape index (κ1) is 26.9. The number of benzene rings is 1. The van der Waals surface area contributed by atoms with Gasteiger partial charge in [-0.3, -0.25) is 9.13 Å². The van der Waals surface area contributed by atoms with Gasteiger partial charge >= 0.3 is 11.7 Å². The van der Waals surface area contributed by atoms with E-state index in [2.05, 4.69) is 45.0 Å². The molecule has 0 fully saturated rings. The number of esters is 1. The van der Waals surface area contributed by atoms with Crippen LogP contribution in [0.15, 0.2) is 72.1 Å². The second kappa shape index (κ2) is 11.6. The van der Waals surface area contributed by atoms with Crippen LogP contribution >= 0.6 is 0 Å². The number of ether oxygens (including phenoxy) is 1. The molecule has 208 valence electrons. The van der Waals surface area contributed by atoms with Crippen LogP contribution in [-0.2, 0) is 29.7 Å². The van der Waals surface area contributed by atoms with E-state index in [9.17, 15) is 9.59 Å². The first-order valence-electron chi connectivity index (χ1n) is 13.6. The first-order chi connectivity index (χ1) is 19.5. The van der Waals surface area contributed by atoms with Gasteiger partial charge in [0.25, 0.3) is 0 Å². The van der Waals surface area contributed by atoms with Crippen molar-refractivity contribution in [3.8, 4) is 17.2 Å². The van der Waals surface area contributed by atoms with Gasteiger partial charge in [0, 0.05) is 36.7 Å². The maximum Gasteiger partial charge on any atom is 0.341 e. The molecule has 0 radical (unpaired) electrons. The number of aryl methyl sites for hydroxylation is 2. The monoisotopic (exact) mass is 542 g/mol. The molecule has 5 rings (SSSR count). The highest BCUT2D eigenvalue weighted by molar-refractivity contribution is 5.93. The lowest BCUT2D eigenvalue weighted by Gasteiger charge is -2.31. The Kier molecular flexibility index (Phi) is 7.81.